The van der Waals surface area contributed by atoms with Crippen molar-refractivity contribution in [2.24, 2.45) is 10.8 Å². The minimum Gasteiger partial charge on any atom is -0.488 e. The van der Waals surface area contributed by atoms with E-state index in [-0.39, 0.29) is 17.5 Å². The first-order chi connectivity index (χ1) is 28.1. The van der Waals surface area contributed by atoms with Gasteiger partial charge < -0.3 is 18.9 Å². The molecule has 2 unspecified atom stereocenters. The number of carbonyl (C=O) groups excluding carboxylic acids is 2. The third-order valence-corrected chi connectivity index (χ3v) is 13.1. The van der Waals surface area contributed by atoms with Gasteiger partial charge in [-0.2, -0.15) is 0 Å². The lowest BCUT2D eigenvalue weighted by Crippen LogP contribution is -2.54. The molecule has 320 valence electrons. The van der Waals surface area contributed by atoms with Crippen molar-refractivity contribution in [3.8, 4) is 23.0 Å². The van der Waals surface area contributed by atoms with E-state index in [9.17, 15) is 9.59 Å². The highest BCUT2D eigenvalue weighted by Gasteiger charge is 2.51. The van der Waals surface area contributed by atoms with Crippen LogP contribution in [0.5, 0.6) is 23.0 Å². The molecule has 0 aliphatic heterocycles. The molecule has 0 fully saturated rings. The summed E-state index contributed by atoms with van der Waals surface area (Å²) in [4.78, 5) is 26.4. The minimum absolute atomic E-state index is 0.0944. The van der Waals surface area contributed by atoms with Crippen LogP contribution in [0.25, 0.3) is 0 Å². The van der Waals surface area contributed by atoms with E-state index in [1.807, 2.05) is 90.1 Å². The smallest absolute Gasteiger partial charge is 0.321 e. The SMILES string of the molecule is CCC(C)(CC)Oc1ccc(CCCCCCCc2ccc(OC(=O)C(C)(CC)C(C)(CC)Oc3ccc(Cc4ccc(OC(=O)C(C)(C)CC)cc4)cc3)cc2)cc1. The van der Waals surface area contributed by atoms with Crippen molar-refractivity contribution in [2.75, 3.05) is 0 Å². The third kappa shape index (κ3) is 13.2. The zero-order chi connectivity index (χ0) is 43.1. The molecule has 0 aliphatic rings. The van der Waals surface area contributed by atoms with Crippen molar-refractivity contribution in [3.63, 3.8) is 0 Å². The fourth-order valence-corrected chi connectivity index (χ4v) is 7.08. The van der Waals surface area contributed by atoms with Crippen LogP contribution in [0.15, 0.2) is 97.1 Å². The largest absolute Gasteiger partial charge is 0.488 e. The molecule has 0 saturated carbocycles. The summed E-state index contributed by atoms with van der Waals surface area (Å²) in [5.74, 6) is 2.27. The van der Waals surface area contributed by atoms with Crippen LogP contribution in [0.4, 0.5) is 0 Å². The van der Waals surface area contributed by atoms with Crippen LogP contribution in [-0.2, 0) is 28.9 Å². The molecule has 0 heterocycles. The molecule has 59 heavy (non-hydrogen) atoms. The second kappa shape index (κ2) is 21.6. The molecule has 0 aliphatic carbocycles. The van der Waals surface area contributed by atoms with Gasteiger partial charge in [0.15, 0.2) is 0 Å². The molecule has 2 atom stereocenters. The lowest BCUT2D eigenvalue weighted by atomic mass is 9.70. The third-order valence-electron chi connectivity index (χ3n) is 13.1. The van der Waals surface area contributed by atoms with Gasteiger partial charge in [-0.1, -0.05) is 102 Å². The van der Waals surface area contributed by atoms with Crippen LogP contribution >= 0.6 is 0 Å². The molecule has 0 saturated heterocycles. The van der Waals surface area contributed by atoms with Crippen LogP contribution in [-0.4, -0.2) is 23.1 Å². The van der Waals surface area contributed by atoms with E-state index in [1.54, 1.807) is 0 Å². The predicted molar refractivity (Wildman–Crippen MR) is 242 cm³/mol. The summed E-state index contributed by atoms with van der Waals surface area (Å²) < 4.78 is 24.5. The van der Waals surface area contributed by atoms with Gasteiger partial charge in [0.25, 0.3) is 0 Å². The normalized spacial score (nSPS) is 13.9. The van der Waals surface area contributed by atoms with E-state index in [0.717, 1.165) is 55.4 Å². The van der Waals surface area contributed by atoms with Crippen molar-refractivity contribution in [3.05, 3.63) is 119 Å². The van der Waals surface area contributed by atoms with Crippen molar-refractivity contribution >= 4 is 11.9 Å². The maximum absolute atomic E-state index is 13.9. The molecular weight excluding hydrogens is 733 g/mol. The van der Waals surface area contributed by atoms with Crippen LogP contribution in [0.3, 0.4) is 0 Å². The number of hydrogen-bond donors (Lipinski definition) is 0. The molecule has 4 rings (SSSR count). The Morgan fingerprint density at radius 2 is 0.814 bits per heavy atom. The van der Waals surface area contributed by atoms with Gasteiger partial charge in [0.05, 0.1) is 5.41 Å². The lowest BCUT2D eigenvalue weighted by molar-refractivity contribution is -0.159. The monoisotopic (exact) mass is 805 g/mol. The number of ether oxygens (including phenoxy) is 4. The van der Waals surface area contributed by atoms with Crippen molar-refractivity contribution in [1.29, 1.82) is 0 Å². The van der Waals surface area contributed by atoms with Crippen molar-refractivity contribution in [2.45, 2.75) is 164 Å². The first-order valence-corrected chi connectivity index (χ1v) is 22.3. The summed E-state index contributed by atoms with van der Waals surface area (Å²) >= 11 is 0. The van der Waals surface area contributed by atoms with Gasteiger partial charge in [-0.3, -0.25) is 9.59 Å². The predicted octanol–water partition coefficient (Wildman–Crippen LogP) is 13.9. The number of aryl methyl sites for hydroxylation is 2. The summed E-state index contributed by atoms with van der Waals surface area (Å²) in [5, 5.41) is 0. The molecule has 4 aromatic carbocycles. The van der Waals surface area contributed by atoms with E-state index in [2.05, 4.69) is 76.2 Å². The molecule has 0 amide bonds. The van der Waals surface area contributed by atoms with Crippen LogP contribution < -0.4 is 18.9 Å². The fraction of sp³-hybridized carbons (Fsp3) is 0.509. The van der Waals surface area contributed by atoms with Crippen LogP contribution in [0.2, 0.25) is 0 Å². The molecule has 0 bridgehead atoms. The van der Waals surface area contributed by atoms with Gasteiger partial charge in [0.2, 0.25) is 0 Å². The highest BCUT2D eigenvalue weighted by Crippen LogP contribution is 2.42. The zero-order valence-corrected chi connectivity index (χ0v) is 37.9. The number of carbonyl (C=O) groups is 2. The summed E-state index contributed by atoms with van der Waals surface area (Å²) in [6.45, 7) is 20.3. The van der Waals surface area contributed by atoms with E-state index < -0.39 is 16.4 Å². The van der Waals surface area contributed by atoms with Crippen molar-refractivity contribution in [1.82, 2.24) is 0 Å². The highest BCUT2D eigenvalue weighted by atomic mass is 16.5. The lowest BCUT2D eigenvalue weighted by Gasteiger charge is -2.43. The molecule has 4 aromatic rings. The second-order valence-corrected chi connectivity index (χ2v) is 17.7. The number of benzene rings is 4. The maximum atomic E-state index is 13.9. The Balaban J connectivity index is 1.21. The highest BCUT2D eigenvalue weighted by molar-refractivity contribution is 5.80. The second-order valence-electron chi connectivity index (χ2n) is 17.7. The molecular formula is C53H72O6. The molecule has 6 heteroatoms. The average molecular weight is 805 g/mol. The number of rotatable bonds is 24. The maximum Gasteiger partial charge on any atom is 0.321 e. The standard InChI is InChI=1S/C53H72O6/c1-11-50(6,7)48(54)56-44-33-27-42(28-34-44)39-43-29-37-47(38-30-43)59-53(10,15-5)52(9,14-4)49(55)57-45-31-23-40(24-32-45)21-19-17-16-18-20-22-41-25-35-46(36-26-41)58-51(8,12-2)13-3/h23-38H,11-22,39H2,1-10H3. The van der Waals surface area contributed by atoms with Gasteiger partial charge >= 0.3 is 11.9 Å². The topological polar surface area (TPSA) is 71.1 Å². The van der Waals surface area contributed by atoms with E-state index in [4.69, 9.17) is 18.9 Å². The van der Waals surface area contributed by atoms with Crippen LogP contribution in [0, 0.1) is 10.8 Å². The van der Waals surface area contributed by atoms with Gasteiger partial charge in [-0.25, -0.2) is 0 Å². The Hall–Kier alpha value is -4.58. The quantitative estimate of drug-likeness (QED) is 0.0399. The van der Waals surface area contributed by atoms with E-state index in [0.29, 0.717) is 36.5 Å². The first kappa shape index (κ1) is 47.1. The van der Waals surface area contributed by atoms with Gasteiger partial charge in [-0.15, -0.1) is 0 Å². The van der Waals surface area contributed by atoms with Gasteiger partial charge in [0.1, 0.15) is 39.6 Å². The summed E-state index contributed by atoms with van der Waals surface area (Å²) in [7, 11) is 0. The molecule has 6 nitrogen and oxygen atoms in total. The first-order valence-electron chi connectivity index (χ1n) is 22.3. The molecule has 0 aromatic heterocycles. The molecule has 0 N–H and O–H groups in total. The Bertz CT molecular complexity index is 1870. The average Bonchev–Trinajstić information content (AvgIpc) is 3.25. The van der Waals surface area contributed by atoms with Crippen LogP contribution in [0.1, 0.15) is 156 Å². The Labute approximate surface area is 356 Å². The Morgan fingerprint density at radius 3 is 1.22 bits per heavy atom. The molecule has 0 radical (unpaired) electrons. The van der Waals surface area contributed by atoms with Crippen molar-refractivity contribution < 1.29 is 28.5 Å². The number of esters is 2. The number of unbranched alkanes of at least 4 members (excludes halogenated alkanes) is 4. The van der Waals surface area contributed by atoms with Gasteiger partial charge in [-0.05, 0) is 170 Å². The fourth-order valence-electron chi connectivity index (χ4n) is 7.08. The molecule has 0 spiro atoms. The minimum atomic E-state index is -0.889. The zero-order valence-electron chi connectivity index (χ0n) is 37.9. The van der Waals surface area contributed by atoms with Gasteiger partial charge in [0, 0.05) is 0 Å². The summed E-state index contributed by atoms with van der Waals surface area (Å²) in [6, 6.07) is 32.4. The summed E-state index contributed by atoms with van der Waals surface area (Å²) in [6.07, 6.45) is 12.7. The Kier molecular flexibility index (Phi) is 17.3. The van der Waals surface area contributed by atoms with E-state index >= 15 is 0 Å². The Morgan fingerprint density at radius 1 is 0.424 bits per heavy atom. The van der Waals surface area contributed by atoms with E-state index in [1.165, 1.54) is 36.8 Å². The summed E-state index contributed by atoms with van der Waals surface area (Å²) in [5.41, 5.74) is 2.56. The number of hydrogen-bond acceptors (Lipinski definition) is 6.